The molecule has 0 spiro atoms. The number of phenolic OH excluding ortho intramolecular Hbond substituents is 1. The Morgan fingerprint density at radius 2 is 2.29 bits per heavy atom. The highest BCUT2D eigenvalue weighted by Crippen LogP contribution is 2.15. The number of benzene rings is 1. The van der Waals surface area contributed by atoms with E-state index in [1.165, 1.54) is 0 Å². The average Bonchev–Trinajstić information content (AvgIpc) is 2.66. The van der Waals surface area contributed by atoms with Crippen LogP contribution in [0.5, 0.6) is 5.75 Å². The summed E-state index contributed by atoms with van der Waals surface area (Å²) in [5, 5.41) is 9.28. The van der Waals surface area contributed by atoms with Gasteiger partial charge in [0.1, 0.15) is 5.75 Å². The first-order valence-corrected chi connectivity index (χ1v) is 4.71. The molecule has 0 unspecified atom stereocenters. The van der Waals surface area contributed by atoms with Crippen molar-refractivity contribution < 1.29 is 5.11 Å². The van der Waals surface area contributed by atoms with Crippen molar-refractivity contribution in [3.05, 3.63) is 42.5 Å². The molecule has 4 heteroatoms. The molecule has 72 valence electrons. The van der Waals surface area contributed by atoms with Crippen LogP contribution in [0.1, 0.15) is 5.69 Å². The molecule has 0 saturated carbocycles. The highest BCUT2D eigenvalue weighted by Gasteiger charge is 1.99. The van der Waals surface area contributed by atoms with Crippen LogP contribution in [0, 0.1) is 0 Å². The molecule has 14 heavy (non-hydrogen) atoms. The maximum atomic E-state index is 9.28. The van der Waals surface area contributed by atoms with E-state index in [9.17, 15) is 5.11 Å². The molecule has 0 amide bonds. The van der Waals surface area contributed by atoms with Gasteiger partial charge in [-0.2, -0.15) is 0 Å². The average molecular weight is 209 g/mol. The minimum atomic E-state index is 0.239. The zero-order valence-corrected chi connectivity index (χ0v) is 8.15. The topological polar surface area (TPSA) is 38.0 Å². The largest absolute Gasteiger partial charge is 0.508 e. The number of phenols is 1. The number of halogens is 1. The van der Waals surface area contributed by atoms with E-state index in [4.69, 9.17) is 11.6 Å². The van der Waals surface area contributed by atoms with Crippen molar-refractivity contribution >= 4 is 11.6 Å². The number of hydrogen-bond acceptors (Lipinski definition) is 2. The van der Waals surface area contributed by atoms with Gasteiger partial charge in [0.2, 0.25) is 0 Å². The summed E-state index contributed by atoms with van der Waals surface area (Å²) in [4.78, 5) is 4.09. The molecular weight excluding hydrogens is 200 g/mol. The highest BCUT2D eigenvalue weighted by molar-refractivity contribution is 6.16. The molecule has 2 rings (SSSR count). The van der Waals surface area contributed by atoms with Gasteiger partial charge >= 0.3 is 0 Å². The Morgan fingerprint density at radius 3 is 2.93 bits per heavy atom. The molecule has 0 bridgehead atoms. The third-order valence-electron chi connectivity index (χ3n) is 1.90. The van der Waals surface area contributed by atoms with E-state index in [2.05, 4.69) is 4.98 Å². The fourth-order valence-electron chi connectivity index (χ4n) is 1.23. The second-order valence-electron chi connectivity index (χ2n) is 2.93. The Bertz CT molecular complexity index is 439. The Morgan fingerprint density at radius 1 is 1.43 bits per heavy atom. The molecule has 0 aliphatic carbocycles. The van der Waals surface area contributed by atoms with Gasteiger partial charge in [0.15, 0.2) is 0 Å². The van der Waals surface area contributed by atoms with Crippen LogP contribution >= 0.6 is 11.6 Å². The highest BCUT2D eigenvalue weighted by atomic mass is 35.5. The van der Waals surface area contributed by atoms with Crippen molar-refractivity contribution in [1.29, 1.82) is 0 Å². The van der Waals surface area contributed by atoms with E-state index in [0.717, 1.165) is 11.4 Å². The molecule has 3 nitrogen and oxygen atoms in total. The first-order chi connectivity index (χ1) is 6.79. The summed E-state index contributed by atoms with van der Waals surface area (Å²) in [5.41, 5.74) is 1.68. The number of aromatic hydroxyl groups is 1. The van der Waals surface area contributed by atoms with E-state index in [0.29, 0.717) is 5.88 Å². The fraction of sp³-hybridized carbons (Fsp3) is 0.100. The second-order valence-corrected chi connectivity index (χ2v) is 3.19. The van der Waals surface area contributed by atoms with Crippen LogP contribution in [-0.2, 0) is 5.88 Å². The minimum absolute atomic E-state index is 0.239. The summed E-state index contributed by atoms with van der Waals surface area (Å²) in [6, 6.07) is 6.97. The molecule has 0 fully saturated rings. The Labute approximate surface area is 86.6 Å². The molecule has 1 aromatic carbocycles. The quantitative estimate of drug-likeness (QED) is 0.770. The Hall–Kier alpha value is -1.48. The van der Waals surface area contributed by atoms with Gasteiger partial charge in [0, 0.05) is 12.3 Å². The number of hydrogen-bond donors (Lipinski definition) is 1. The normalized spacial score (nSPS) is 10.4. The maximum absolute atomic E-state index is 9.28. The van der Waals surface area contributed by atoms with Crippen LogP contribution < -0.4 is 0 Å². The summed E-state index contributed by atoms with van der Waals surface area (Å²) >= 11 is 5.63. The summed E-state index contributed by atoms with van der Waals surface area (Å²) in [6.45, 7) is 0. The Balaban J connectivity index is 2.39. The van der Waals surface area contributed by atoms with Gasteiger partial charge in [-0.1, -0.05) is 6.07 Å². The van der Waals surface area contributed by atoms with Gasteiger partial charge in [-0.3, -0.25) is 0 Å². The number of imidazole rings is 1. The lowest BCUT2D eigenvalue weighted by atomic mass is 10.3. The van der Waals surface area contributed by atoms with Crippen molar-refractivity contribution in [1.82, 2.24) is 9.55 Å². The lowest BCUT2D eigenvalue weighted by Gasteiger charge is -2.01. The van der Waals surface area contributed by atoms with Gasteiger partial charge in [-0.25, -0.2) is 4.98 Å². The van der Waals surface area contributed by atoms with Crippen molar-refractivity contribution in [3.63, 3.8) is 0 Å². The molecule has 0 saturated heterocycles. The Kier molecular flexibility index (Phi) is 2.41. The van der Waals surface area contributed by atoms with E-state index >= 15 is 0 Å². The molecule has 1 heterocycles. The van der Waals surface area contributed by atoms with Gasteiger partial charge in [0.05, 0.1) is 23.6 Å². The van der Waals surface area contributed by atoms with Crippen LogP contribution in [0.4, 0.5) is 0 Å². The minimum Gasteiger partial charge on any atom is -0.508 e. The maximum Gasteiger partial charge on any atom is 0.117 e. The summed E-state index contributed by atoms with van der Waals surface area (Å²) < 4.78 is 1.82. The van der Waals surface area contributed by atoms with Crippen molar-refractivity contribution in [2.24, 2.45) is 0 Å². The predicted molar refractivity (Wildman–Crippen MR) is 54.8 cm³/mol. The van der Waals surface area contributed by atoms with Crippen LogP contribution in [0.3, 0.4) is 0 Å². The molecule has 1 aromatic heterocycles. The monoisotopic (exact) mass is 208 g/mol. The zero-order valence-electron chi connectivity index (χ0n) is 7.39. The molecule has 2 aromatic rings. The lowest BCUT2D eigenvalue weighted by Crippen LogP contribution is -1.88. The first kappa shape index (κ1) is 9.09. The number of alkyl halides is 1. The van der Waals surface area contributed by atoms with E-state index in [1.807, 2.05) is 16.8 Å². The molecule has 0 aliphatic rings. The van der Waals surface area contributed by atoms with Gasteiger partial charge in [0.25, 0.3) is 0 Å². The van der Waals surface area contributed by atoms with Gasteiger partial charge < -0.3 is 9.67 Å². The van der Waals surface area contributed by atoms with Crippen LogP contribution in [-0.4, -0.2) is 14.7 Å². The van der Waals surface area contributed by atoms with E-state index in [1.54, 1.807) is 24.5 Å². The SMILES string of the molecule is Oc1cccc(-n2cnc(CCl)c2)c1. The summed E-state index contributed by atoms with van der Waals surface area (Å²) in [7, 11) is 0. The predicted octanol–water partition coefficient (Wildman–Crippen LogP) is 2.32. The number of rotatable bonds is 2. The molecule has 0 atom stereocenters. The second kappa shape index (κ2) is 3.72. The van der Waals surface area contributed by atoms with Crippen molar-refractivity contribution in [2.45, 2.75) is 5.88 Å². The molecule has 0 radical (unpaired) electrons. The van der Waals surface area contributed by atoms with Crippen LogP contribution in [0.15, 0.2) is 36.8 Å². The van der Waals surface area contributed by atoms with Gasteiger partial charge in [-0.15, -0.1) is 11.6 Å². The van der Waals surface area contributed by atoms with E-state index in [-0.39, 0.29) is 5.75 Å². The summed E-state index contributed by atoms with van der Waals surface area (Å²) in [6.07, 6.45) is 3.51. The van der Waals surface area contributed by atoms with Crippen LogP contribution in [0.2, 0.25) is 0 Å². The standard InChI is InChI=1S/C10H9ClN2O/c11-5-8-6-13(7-12-8)9-2-1-3-10(14)4-9/h1-4,6-7,14H,5H2. The molecular formula is C10H9ClN2O. The first-order valence-electron chi connectivity index (χ1n) is 4.18. The van der Waals surface area contributed by atoms with E-state index < -0.39 is 0 Å². The fourth-order valence-corrected chi connectivity index (χ4v) is 1.37. The zero-order chi connectivity index (χ0) is 9.97. The lowest BCUT2D eigenvalue weighted by molar-refractivity contribution is 0.475. The molecule has 0 aliphatic heterocycles. The third kappa shape index (κ3) is 1.72. The van der Waals surface area contributed by atoms with Crippen molar-refractivity contribution in [2.75, 3.05) is 0 Å². The van der Waals surface area contributed by atoms with Gasteiger partial charge in [-0.05, 0) is 12.1 Å². The number of aromatic nitrogens is 2. The van der Waals surface area contributed by atoms with Crippen LogP contribution in [0.25, 0.3) is 5.69 Å². The van der Waals surface area contributed by atoms with Crippen molar-refractivity contribution in [3.8, 4) is 11.4 Å². The smallest absolute Gasteiger partial charge is 0.117 e. The third-order valence-corrected chi connectivity index (χ3v) is 2.17. The number of nitrogens with zero attached hydrogens (tertiary/aromatic N) is 2. The summed E-state index contributed by atoms with van der Waals surface area (Å²) in [5.74, 6) is 0.634. The molecule has 1 N–H and O–H groups in total.